The molecule has 1 aliphatic carbocycles. The molecular formula is C13H19ClN4. The van der Waals surface area contributed by atoms with Gasteiger partial charge in [-0.05, 0) is 39.5 Å². The van der Waals surface area contributed by atoms with Gasteiger partial charge in [0.05, 0.1) is 11.6 Å². The maximum absolute atomic E-state index is 6.08. The molecule has 1 aliphatic rings. The Labute approximate surface area is 112 Å². The van der Waals surface area contributed by atoms with Gasteiger partial charge in [0.15, 0.2) is 5.65 Å². The monoisotopic (exact) mass is 266 g/mol. The molecule has 0 amide bonds. The summed E-state index contributed by atoms with van der Waals surface area (Å²) in [6.45, 7) is 6.57. The van der Waals surface area contributed by atoms with Crippen molar-refractivity contribution in [3.05, 3.63) is 11.5 Å². The fourth-order valence-corrected chi connectivity index (χ4v) is 3.16. The molecule has 98 valence electrons. The van der Waals surface area contributed by atoms with Gasteiger partial charge in [0.2, 0.25) is 0 Å². The first-order valence-corrected chi connectivity index (χ1v) is 6.97. The van der Waals surface area contributed by atoms with Crippen molar-refractivity contribution in [1.29, 1.82) is 0 Å². The van der Waals surface area contributed by atoms with Crippen molar-refractivity contribution in [2.45, 2.75) is 45.0 Å². The number of hydrogen-bond acceptors (Lipinski definition) is 2. The van der Waals surface area contributed by atoms with Crippen LogP contribution in [0, 0.1) is 12.8 Å². The highest BCUT2D eigenvalue weighted by Gasteiger charge is 2.41. The minimum absolute atomic E-state index is 0.0687. The molecule has 4 nitrogen and oxygen atoms in total. The van der Waals surface area contributed by atoms with Crippen molar-refractivity contribution in [2.24, 2.45) is 13.0 Å². The van der Waals surface area contributed by atoms with Gasteiger partial charge >= 0.3 is 0 Å². The Bertz CT molecular complexity index is 604. The molecule has 1 saturated carbocycles. The van der Waals surface area contributed by atoms with Gasteiger partial charge in [0.1, 0.15) is 11.3 Å². The fourth-order valence-electron chi connectivity index (χ4n) is 2.99. The van der Waals surface area contributed by atoms with E-state index in [1.807, 2.05) is 18.7 Å². The summed E-state index contributed by atoms with van der Waals surface area (Å²) in [5.41, 5.74) is 3.13. The third-order valence-corrected chi connectivity index (χ3v) is 4.38. The van der Waals surface area contributed by atoms with Gasteiger partial charge in [-0.3, -0.25) is 4.68 Å². The van der Waals surface area contributed by atoms with Gasteiger partial charge in [0, 0.05) is 12.6 Å². The highest BCUT2D eigenvalue weighted by Crippen LogP contribution is 2.45. The van der Waals surface area contributed by atoms with E-state index in [0.29, 0.717) is 5.88 Å². The van der Waals surface area contributed by atoms with Crippen molar-refractivity contribution in [1.82, 2.24) is 19.3 Å². The lowest BCUT2D eigenvalue weighted by Gasteiger charge is -2.29. The quantitative estimate of drug-likeness (QED) is 0.801. The molecule has 0 saturated heterocycles. The highest BCUT2D eigenvalue weighted by atomic mass is 35.5. The Balaban J connectivity index is 2.31. The number of alkyl halides is 1. The van der Waals surface area contributed by atoms with Crippen LogP contribution in [-0.2, 0) is 18.5 Å². The molecule has 18 heavy (non-hydrogen) atoms. The molecular weight excluding hydrogens is 248 g/mol. The Morgan fingerprint density at radius 2 is 2.06 bits per heavy atom. The zero-order chi connectivity index (χ0) is 13.1. The second kappa shape index (κ2) is 3.73. The first-order chi connectivity index (χ1) is 8.46. The van der Waals surface area contributed by atoms with E-state index in [4.69, 9.17) is 11.6 Å². The molecule has 0 bridgehead atoms. The molecule has 2 aromatic heterocycles. The van der Waals surface area contributed by atoms with E-state index in [0.717, 1.165) is 28.6 Å². The molecule has 0 atom stereocenters. The first-order valence-electron chi connectivity index (χ1n) is 6.44. The van der Waals surface area contributed by atoms with Crippen LogP contribution in [-0.4, -0.2) is 19.3 Å². The third kappa shape index (κ3) is 1.51. The van der Waals surface area contributed by atoms with E-state index in [-0.39, 0.29) is 5.54 Å². The standard InChI is InChI=1S/C13H19ClN4/c1-8-11-12(17(4)16-8)18(10(7-14)15-11)13(2,3)9-5-6-9/h9H,5-7H2,1-4H3. The van der Waals surface area contributed by atoms with Crippen LogP contribution in [0.2, 0.25) is 0 Å². The summed E-state index contributed by atoms with van der Waals surface area (Å²) < 4.78 is 4.23. The van der Waals surface area contributed by atoms with Crippen LogP contribution in [0.15, 0.2) is 0 Å². The van der Waals surface area contributed by atoms with Crippen molar-refractivity contribution < 1.29 is 0 Å². The van der Waals surface area contributed by atoms with E-state index >= 15 is 0 Å². The second-order valence-corrected chi connectivity index (χ2v) is 6.07. The van der Waals surface area contributed by atoms with Crippen LogP contribution in [0.1, 0.15) is 38.2 Å². The summed E-state index contributed by atoms with van der Waals surface area (Å²) in [6.07, 6.45) is 2.59. The maximum atomic E-state index is 6.08. The maximum Gasteiger partial charge on any atom is 0.159 e. The SMILES string of the molecule is Cc1nn(C)c2c1nc(CCl)n2C(C)(C)C1CC1. The van der Waals surface area contributed by atoms with E-state index in [2.05, 4.69) is 28.5 Å². The first kappa shape index (κ1) is 12.0. The van der Waals surface area contributed by atoms with E-state index in [1.54, 1.807) is 0 Å². The van der Waals surface area contributed by atoms with Crippen LogP contribution in [0.4, 0.5) is 0 Å². The number of halogens is 1. The summed E-state index contributed by atoms with van der Waals surface area (Å²) in [5.74, 6) is 2.14. The molecule has 0 spiro atoms. The molecule has 3 rings (SSSR count). The van der Waals surface area contributed by atoms with Gasteiger partial charge in [-0.25, -0.2) is 4.98 Å². The Hall–Kier alpha value is -1.03. The van der Waals surface area contributed by atoms with Gasteiger partial charge in [0.25, 0.3) is 0 Å². The summed E-state index contributed by atoms with van der Waals surface area (Å²) in [7, 11) is 1.98. The van der Waals surface area contributed by atoms with Crippen molar-refractivity contribution in [3.63, 3.8) is 0 Å². The predicted molar refractivity (Wildman–Crippen MR) is 72.8 cm³/mol. The molecule has 5 heteroatoms. The number of rotatable bonds is 3. The van der Waals surface area contributed by atoms with Gasteiger partial charge < -0.3 is 4.57 Å². The molecule has 0 aromatic carbocycles. The summed E-state index contributed by atoms with van der Waals surface area (Å²) in [5, 5.41) is 4.47. The summed E-state index contributed by atoms with van der Waals surface area (Å²) in [6, 6.07) is 0. The number of nitrogens with zero attached hydrogens (tertiary/aromatic N) is 4. The minimum atomic E-state index is 0.0687. The largest absolute Gasteiger partial charge is 0.306 e. The molecule has 0 N–H and O–H groups in total. The zero-order valence-electron chi connectivity index (χ0n) is 11.4. The molecule has 0 radical (unpaired) electrons. The Kier molecular flexibility index (Phi) is 2.49. The third-order valence-electron chi connectivity index (χ3n) is 4.14. The van der Waals surface area contributed by atoms with Crippen LogP contribution >= 0.6 is 11.6 Å². The van der Waals surface area contributed by atoms with E-state index in [1.165, 1.54) is 12.8 Å². The van der Waals surface area contributed by atoms with Crippen LogP contribution < -0.4 is 0 Å². The highest BCUT2D eigenvalue weighted by molar-refractivity contribution is 6.16. The van der Waals surface area contributed by atoms with E-state index in [9.17, 15) is 0 Å². The topological polar surface area (TPSA) is 35.6 Å². The number of fused-ring (bicyclic) bond motifs is 1. The lowest BCUT2D eigenvalue weighted by Crippen LogP contribution is -2.31. The molecule has 0 unspecified atom stereocenters. The summed E-state index contributed by atoms with van der Waals surface area (Å²) in [4.78, 5) is 4.68. The number of imidazole rings is 1. The number of aryl methyl sites for hydroxylation is 2. The summed E-state index contributed by atoms with van der Waals surface area (Å²) >= 11 is 6.08. The average molecular weight is 267 g/mol. The van der Waals surface area contributed by atoms with Crippen molar-refractivity contribution in [3.8, 4) is 0 Å². The molecule has 1 fully saturated rings. The molecule has 0 aliphatic heterocycles. The van der Waals surface area contributed by atoms with Crippen LogP contribution in [0.5, 0.6) is 0 Å². The Morgan fingerprint density at radius 3 is 2.61 bits per heavy atom. The number of hydrogen-bond donors (Lipinski definition) is 0. The van der Waals surface area contributed by atoms with E-state index < -0.39 is 0 Å². The normalized spacial score (nSPS) is 16.7. The minimum Gasteiger partial charge on any atom is -0.306 e. The smallest absolute Gasteiger partial charge is 0.159 e. The van der Waals surface area contributed by atoms with Crippen LogP contribution in [0.3, 0.4) is 0 Å². The van der Waals surface area contributed by atoms with Gasteiger partial charge in [-0.15, -0.1) is 11.6 Å². The average Bonchev–Trinajstić information content (AvgIpc) is 3.03. The Morgan fingerprint density at radius 1 is 1.39 bits per heavy atom. The van der Waals surface area contributed by atoms with Crippen molar-refractivity contribution in [2.75, 3.05) is 0 Å². The molecule has 2 aromatic rings. The van der Waals surface area contributed by atoms with Crippen LogP contribution in [0.25, 0.3) is 11.2 Å². The second-order valence-electron chi connectivity index (χ2n) is 5.81. The fraction of sp³-hybridized carbons (Fsp3) is 0.692. The lowest BCUT2D eigenvalue weighted by molar-refractivity contribution is 0.302. The van der Waals surface area contributed by atoms with Gasteiger partial charge in [-0.1, -0.05) is 0 Å². The zero-order valence-corrected chi connectivity index (χ0v) is 12.1. The lowest BCUT2D eigenvalue weighted by atomic mass is 9.98. The van der Waals surface area contributed by atoms with Crippen molar-refractivity contribution >= 4 is 22.8 Å². The molecule has 2 heterocycles. The number of aromatic nitrogens is 4. The predicted octanol–water partition coefficient (Wildman–Crippen LogP) is 2.96. The van der Waals surface area contributed by atoms with Gasteiger partial charge in [-0.2, -0.15) is 5.10 Å².